The molecule has 3 atom stereocenters. The number of aromatic nitrogens is 1. The summed E-state index contributed by atoms with van der Waals surface area (Å²) in [6.07, 6.45) is 0.958. The molecule has 2 amide bonds. The molecule has 7 heteroatoms. The average molecular weight is 333 g/mol. The molecule has 2 aliphatic rings. The van der Waals surface area contributed by atoms with Crippen LogP contribution >= 0.6 is 0 Å². The fourth-order valence-corrected chi connectivity index (χ4v) is 3.80. The van der Waals surface area contributed by atoms with Gasteiger partial charge in [-0.2, -0.15) is 0 Å². The van der Waals surface area contributed by atoms with E-state index in [9.17, 15) is 19.5 Å². The highest BCUT2D eigenvalue weighted by molar-refractivity contribution is 5.82. The van der Waals surface area contributed by atoms with Crippen molar-refractivity contribution in [1.29, 1.82) is 0 Å². The van der Waals surface area contributed by atoms with Crippen molar-refractivity contribution in [2.75, 3.05) is 13.1 Å². The van der Waals surface area contributed by atoms with Crippen molar-refractivity contribution in [3.63, 3.8) is 0 Å². The fourth-order valence-electron chi connectivity index (χ4n) is 3.80. The summed E-state index contributed by atoms with van der Waals surface area (Å²) in [6, 6.07) is 4.03. The van der Waals surface area contributed by atoms with Crippen LogP contribution in [0.4, 0.5) is 4.79 Å². The minimum atomic E-state index is -1.02. The van der Waals surface area contributed by atoms with E-state index in [1.54, 1.807) is 30.9 Å². The normalized spacial score (nSPS) is 23.5. The predicted molar refractivity (Wildman–Crippen MR) is 87.9 cm³/mol. The van der Waals surface area contributed by atoms with Gasteiger partial charge >= 0.3 is 12.0 Å². The SMILES string of the molecule is CC(C)[C@@H](NC(=O)N1C[C@H]2C[C@H](C1)c1cccc(=O)n1C2)C(=O)O. The monoisotopic (exact) mass is 333 g/mol. The third-order valence-corrected chi connectivity index (χ3v) is 4.98. The number of hydrogen-bond donors (Lipinski definition) is 2. The number of piperidine rings is 1. The Balaban J connectivity index is 1.76. The third kappa shape index (κ3) is 3.02. The summed E-state index contributed by atoms with van der Waals surface area (Å²) in [4.78, 5) is 37.5. The number of urea groups is 1. The highest BCUT2D eigenvalue weighted by atomic mass is 16.4. The van der Waals surface area contributed by atoms with Crippen molar-refractivity contribution in [3.05, 3.63) is 34.2 Å². The van der Waals surface area contributed by atoms with Crippen LogP contribution in [-0.4, -0.2) is 45.7 Å². The molecular weight excluding hydrogens is 310 g/mol. The van der Waals surface area contributed by atoms with Crippen LogP contribution in [0.3, 0.4) is 0 Å². The molecule has 7 nitrogen and oxygen atoms in total. The van der Waals surface area contributed by atoms with Gasteiger partial charge in [0.1, 0.15) is 6.04 Å². The van der Waals surface area contributed by atoms with Crippen molar-refractivity contribution in [1.82, 2.24) is 14.8 Å². The first-order valence-electron chi connectivity index (χ1n) is 8.34. The number of carboxylic acid groups (broad SMARTS) is 1. The summed E-state index contributed by atoms with van der Waals surface area (Å²) in [6.45, 7) is 5.21. The summed E-state index contributed by atoms with van der Waals surface area (Å²) in [7, 11) is 0. The quantitative estimate of drug-likeness (QED) is 0.866. The maximum absolute atomic E-state index is 12.5. The second-order valence-electron chi connectivity index (χ2n) is 7.11. The van der Waals surface area contributed by atoms with Gasteiger partial charge in [-0.05, 0) is 24.3 Å². The first kappa shape index (κ1) is 16.5. The lowest BCUT2D eigenvalue weighted by Gasteiger charge is -2.43. The smallest absolute Gasteiger partial charge is 0.326 e. The number of carboxylic acids is 1. The lowest BCUT2D eigenvalue weighted by atomic mass is 9.83. The number of fused-ring (bicyclic) bond motifs is 4. The predicted octanol–water partition coefficient (Wildman–Crippen LogP) is 1.09. The molecular formula is C17H23N3O4. The number of pyridine rings is 1. The Labute approximate surface area is 140 Å². The Hall–Kier alpha value is -2.31. The number of nitrogens with one attached hydrogen (secondary N) is 1. The van der Waals surface area contributed by atoms with E-state index < -0.39 is 12.0 Å². The van der Waals surface area contributed by atoms with Gasteiger partial charge in [0, 0.05) is 37.3 Å². The Morgan fingerprint density at radius 2 is 2.00 bits per heavy atom. The molecule has 1 fully saturated rings. The van der Waals surface area contributed by atoms with Crippen molar-refractivity contribution in [2.45, 2.75) is 38.8 Å². The number of rotatable bonds is 3. The van der Waals surface area contributed by atoms with Crippen LogP contribution in [0.2, 0.25) is 0 Å². The molecule has 0 radical (unpaired) electrons. The molecule has 130 valence electrons. The van der Waals surface area contributed by atoms with E-state index in [1.807, 2.05) is 10.6 Å². The Bertz CT molecular complexity index is 712. The molecule has 0 saturated carbocycles. The summed E-state index contributed by atoms with van der Waals surface area (Å²) in [5.41, 5.74) is 0.973. The second-order valence-corrected chi connectivity index (χ2v) is 7.11. The van der Waals surface area contributed by atoms with Gasteiger partial charge < -0.3 is 19.9 Å². The number of hydrogen-bond acceptors (Lipinski definition) is 3. The molecule has 2 bridgehead atoms. The van der Waals surface area contributed by atoms with Crippen molar-refractivity contribution < 1.29 is 14.7 Å². The van der Waals surface area contributed by atoms with Gasteiger partial charge in [-0.1, -0.05) is 19.9 Å². The number of nitrogens with zero attached hydrogens (tertiary/aromatic N) is 2. The molecule has 2 N–H and O–H groups in total. The van der Waals surface area contributed by atoms with Gasteiger partial charge in [0.25, 0.3) is 5.56 Å². The number of aliphatic carboxylic acids is 1. The summed E-state index contributed by atoms with van der Waals surface area (Å²) >= 11 is 0. The number of amides is 2. The van der Waals surface area contributed by atoms with E-state index >= 15 is 0 Å². The second kappa shape index (κ2) is 6.30. The molecule has 0 unspecified atom stereocenters. The molecule has 1 aromatic rings. The molecule has 3 rings (SSSR count). The van der Waals surface area contributed by atoms with Crippen molar-refractivity contribution in [2.24, 2.45) is 11.8 Å². The maximum atomic E-state index is 12.5. The van der Waals surface area contributed by atoms with E-state index in [2.05, 4.69) is 5.32 Å². The minimum absolute atomic E-state index is 0.00542. The highest BCUT2D eigenvalue weighted by Crippen LogP contribution is 2.34. The Kier molecular flexibility index (Phi) is 4.34. The average Bonchev–Trinajstić information content (AvgIpc) is 2.52. The lowest BCUT2D eigenvalue weighted by molar-refractivity contribution is -0.140. The van der Waals surface area contributed by atoms with E-state index in [4.69, 9.17) is 0 Å². The van der Waals surface area contributed by atoms with Gasteiger partial charge in [-0.25, -0.2) is 9.59 Å². The van der Waals surface area contributed by atoms with Gasteiger partial charge in [0.05, 0.1) is 0 Å². The number of likely N-dealkylation sites (tertiary alicyclic amines) is 1. The first-order chi connectivity index (χ1) is 11.4. The minimum Gasteiger partial charge on any atom is -0.480 e. The molecule has 1 aromatic heterocycles. The van der Waals surface area contributed by atoms with E-state index in [1.165, 1.54) is 0 Å². The molecule has 3 heterocycles. The highest BCUT2D eigenvalue weighted by Gasteiger charge is 2.37. The van der Waals surface area contributed by atoms with Crippen LogP contribution in [0.1, 0.15) is 31.9 Å². The van der Waals surface area contributed by atoms with Crippen LogP contribution in [0.25, 0.3) is 0 Å². The largest absolute Gasteiger partial charge is 0.480 e. The standard InChI is InChI=1S/C17H23N3O4/c1-10(2)15(16(22)23)18-17(24)19-7-11-6-12(9-19)13-4-3-5-14(21)20(13)8-11/h3-5,10-12,15H,6-9H2,1-2H3,(H,18,24)(H,22,23)/t11-,12-,15-/m1/s1. The van der Waals surface area contributed by atoms with Crippen LogP contribution in [0.15, 0.2) is 23.0 Å². The fraction of sp³-hybridized carbons (Fsp3) is 0.588. The zero-order valence-electron chi connectivity index (χ0n) is 13.9. The van der Waals surface area contributed by atoms with Gasteiger partial charge in [-0.15, -0.1) is 0 Å². The molecule has 0 aromatic carbocycles. The van der Waals surface area contributed by atoms with Crippen LogP contribution in [-0.2, 0) is 11.3 Å². The Morgan fingerprint density at radius 1 is 1.25 bits per heavy atom. The summed E-state index contributed by atoms with van der Waals surface area (Å²) in [5.74, 6) is -0.855. The van der Waals surface area contributed by atoms with Crippen molar-refractivity contribution in [3.8, 4) is 0 Å². The first-order valence-corrected chi connectivity index (χ1v) is 8.34. The van der Waals surface area contributed by atoms with Crippen molar-refractivity contribution >= 4 is 12.0 Å². The number of carbonyl (C=O) groups is 2. The summed E-state index contributed by atoms with van der Waals surface area (Å²) < 4.78 is 1.81. The molecule has 2 aliphatic heterocycles. The third-order valence-electron chi connectivity index (χ3n) is 4.98. The van der Waals surface area contributed by atoms with Gasteiger partial charge in [-0.3, -0.25) is 4.79 Å². The topological polar surface area (TPSA) is 91.6 Å². The van der Waals surface area contributed by atoms with E-state index in [0.717, 1.165) is 12.1 Å². The van der Waals surface area contributed by atoms with Crippen LogP contribution < -0.4 is 10.9 Å². The molecule has 0 aliphatic carbocycles. The molecule has 0 spiro atoms. The zero-order valence-corrected chi connectivity index (χ0v) is 13.9. The van der Waals surface area contributed by atoms with Crippen LogP contribution in [0, 0.1) is 11.8 Å². The molecule has 24 heavy (non-hydrogen) atoms. The number of carbonyl (C=O) groups excluding carboxylic acids is 1. The zero-order chi connectivity index (χ0) is 17.4. The van der Waals surface area contributed by atoms with Crippen LogP contribution in [0.5, 0.6) is 0 Å². The van der Waals surface area contributed by atoms with E-state index in [-0.39, 0.29) is 29.3 Å². The Morgan fingerprint density at radius 3 is 2.67 bits per heavy atom. The maximum Gasteiger partial charge on any atom is 0.326 e. The lowest BCUT2D eigenvalue weighted by Crippen LogP contribution is -2.55. The summed E-state index contributed by atoms with van der Waals surface area (Å²) in [5, 5.41) is 11.9. The van der Waals surface area contributed by atoms with E-state index in [0.29, 0.717) is 19.6 Å². The van der Waals surface area contributed by atoms with Gasteiger partial charge in [0.2, 0.25) is 0 Å². The molecule has 1 saturated heterocycles. The van der Waals surface area contributed by atoms with Gasteiger partial charge in [0.15, 0.2) is 0 Å².